The largest absolute Gasteiger partial charge is 0.418 e. The lowest BCUT2D eigenvalue weighted by atomic mass is 10.1. The molecule has 0 radical (unpaired) electrons. The number of benzene rings is 2. The molecule has 0 N–H and O–H groups in total. The molecule has 0 spiro atoms. The molecule has 2 rings (SSSR count). The number of anilines is 2. The highest BCUT2D eigenvalue weighted by Gasteiger charge is 2.41. The highest BCUT2D eigenvalue weighted by Crippen LogP contribution is 2.47. The first-order valence-electron chi connectivity index (χ1n) is 7.08. The second-order valence-electron chi connectivity index (χ2n) is 5.48. The number of hydrogen-bond donors (Lipinski definition) is 0. The molecule has 0 fully saturated rings. The SMILES string of the molecule is Cc1cc(N(C)c2c([N+](=O)[O-])cc([N+](=O)[O-])cc2C(F)(F)F)c(Cl)cc1Br. The Bertz CT molecular complexity index is 953. The van der Waals surface area contributed by atoms with Crippen LogP contribution in [-0.4, -0.2) is 16.9 Å². The summed E-state index contributed by atoms with van der Waals surface area (Å²) in [6.07, 6.45) is -5.07. The maximum absolute atomic E-state index is 13.5. The van der Waals surface area contributed by atoms with E-state index in [9.17, 15) is 33.4 Å². The summed E-state index contributed by atoms with van der Waals surface area (Å²) in [6, 6.07) is 3.63. The lowest BCUT2D eigenvalue weighted by Crippen LogP contribution is -2.19. The standard InChI is InChI=1S/C15H10BrClF3N3O4/c1-7-3-12(11(17)6-10(7)16)21(2)14-9(15(18,19)20)4-8(22(24)25)5-13(14)23(26)27/h3-6H,1-2H3. The predicted molar refractivity (Wildman–Crippen MR) is 96.7 cm³/mol. The number of nitro groups is 2. The van der Waals surface area contributed by atoms with E-state index in [0.29, 0.717) is 16.1 Å². The van der Waals surface area contributed by atoms with Crippen LogP contribution < -0.4 is 4.90 Å². The molecule has 0 aliphatic heterocycles. The fraction of sp³-hybridized carbons (Fsp3) is 0.200. The molecule has 0 aliphatic carbocycles. The van der Waals surface area contributed by atoms with Crippen LogP contribution >= 0.6 is 27.5 Å². The highest BCUT2D eigenvalue weighted by molar-refractivity contribution is 9.10. The molecular weight excluding hydrogens is 459 g/mol. The monoisotopic (exact) mass is 467 g/mol. The second kappa shape index (κ2) is 7.31. The number of halogens is 5. The van der Waals surface area contributed by atoms with Crippen molar-refractivity contribution in [1.82, 2.24) is 0 Å². The Hall–Kier alpha value is -2.40. The second-order valence-corrected chi connectivity index (χ2v) is 6.75. The van der Waals surface area contributed by atoms with Gasteiger partial charge in [0.1, 0.15) is 5.69 Å². The molecule has 27 heavy (non-hydrogen) atoms. The zero-order valence-corrected chi connectivity index (χ0v) is 16.0. The molecule has 144 valence electrons. The molecule has 0 unspecified atom stereocenters. The smallest absolute Gasteiger partial charge is 0.337 e. The Morgan fingerprint density at radius 3 is 2.19 bits per heavy atom. The molecule has 0 saturated carbocycles. The van der Waals surface area contributed by atoms with E-state index in [2.05, 4.69) is 15.9 Å². The average Bonchev–Trinajstić information content (AvgIpc) is 2.55. The van der Waals surface area contributed by atoms with Crippen molar-refractivity contribution >= 4 is 50.3 Å². The summed E-state index contributed by atoms with van der Waals surface area (Å²) in [5, 5.41) is 22.3. The summed E-state index contributed by atoms with van der Waals surface area (Å²) >= 11 is 9.32. The Morgan fingerprint density at radius 1 is 1.11 bits per heavy atom. The fourth-order valence-corrected chi connectivity index (χ4v) is 3.20. The van der Waals surface area contributed by atoms with Crippen LogP contribution in [0.2, 0.25) is 5.02 Å². The van der Waals surface area contributed by atoms with Crippen LogP contribution in [0, 0.1) is 27.2 Å². The predicted octanol–water partition coefficient (Wildman–Crippen LogP) is 6.01. The van der Waals surface area contributed by atoms with Gasteiger partial charge in [-0.2, -0.15) is 13.2 Å². The van der Waals surface area contributed by atoms with Crippen LogP contribution in [0.5, 0.6) is 0 Å². The van der Waals surface area contributed by atoms with Crippen molar-refractivity contribution in [3.8, 4) is 0 Å². The van der Waals surface area contributed by atoms with Gasteiger partial charge in [-0.15, -0.1) is 0 Å². The fourth-order valence-electron chi connectivity index (χ4n) is 2.44. The van der Waals surface area contributed by atoms with Gasteiger partial charge >= 0.3 is 6.18 Å². The number of hydrogen-bond acceptors (Lipinski definition) is 5. The van der Waals surface area contributed by atoms with Crippen LogP contribution in [0.15, 0.2) is 28.7 Å². The van der Waals surface area contributed by atoms with E-state index in [-0.39, 0.29) is 16.8 Å². The van der Waals surface area contributed by atoms with Gasteiger partial charge in [0.2, 0.25) is 0 Å². The van der Waals surface area contributed by atoms with Crippen LogP contribution in [-0.2, 0) is 6.18 Å². The quantitative estimate of drug-likeness (QED) is 0.405. The Kier molecular flexibility index (Phi) is 5.66. The third-order valence-corrected chi connectivity index (χ3v) is 4.87. The van der Waals surface area contributed by atoms with Gasteiger partial charge in [0.05, 0.1) is 32.2 Å². The number of alkyl halides is 3. The summed E-state index contributed by atoms with van der Waals surface area (Å²) in [5.74, 6) is 0. The number of aryl methyl sites for hydroxylation is 1. The van der Waals surface area contributed by atoms with E-state index in [0.717, 1.165) is 11.9 Å². The molecule has 7 nitrogen and oxygen atoms in total. The first-order chi connectivity index (χ1) is 12.3. The van der Waals surface area contributed by atoms with Crippen LogP contribution in [0.4, 0.5) is 35.9 Å². The summed E-state index contributed by atoms with van der Waals surface area (Å²) in [4.78, 5) is 21.0. The normalized spacial score (nSPS) is 11.4. The summed E-state index contributed by atoms with van der Waals surface area (Å²) < 4.78 is 41.2. The molecule has 0 bridgehead atoms. The third-order valence-electron chi connectivity index (χ3n) is 3.71. The molecule has 0 aliphatic rings. The van der Waals surface area contributed by atoms with Crippen molar-refractivity contribution in [3.05, 3.63) is 65.1 Å². The number of nitrogens with zero attached hydrogens (tertiary/aromatic N) is 3. The third kappa shape index (κ3) is 4.14. The van der Waals surface area contributed by atoms with Crippen LogP contribution in [0.3, 0.4) is 0 Å². The van der Waals surface area contributed by atoms with E-state index in [1.807, 2.05) is 0 Å². The zero-order chi connectivity index (χ0) is 20.7. The molecule has 0 aromatic heterocycles. The minimum atomic E-state index is -5.07. The van der Waals surface area contributed by atoms with Gasteiger partial charge in [-0.1, -0.05) is 27.5 Å². The maximum Gasteiger partial charge on any atom is 0.418 e. The summed E-state index contributed by atoms with van der Waals surface area (Å²) in [5.41, 5.74) is -3.76. The Labute approximate surface area is 163 Å². The molecule has 0 amide bonds. The van der Waals surface area contributed by atoms with Gasteiger partial charge in [0.25, 0.3) is 11.4 Å². The first-order valence-corrected chi connectivity index (χ1v) is 8.25. The minimum absolute atomic E-state index is 0.0377. The van der Waals surface area contributed by atoms with Gasteiger partial charge in [-0.3, -0.25) is 20.2 Å². The molecule has 0 atom stereocenters. The van der Waals surface area contributed by atoms with Gasteiger partial charge < -0.3 is 4.90 Å². The van der Waals surface area contributed by atoms with Crippen molar-refractivity contribution in [1.29, 1.82) is 0 Å². The lowest BCUT2D eigenvalue weighted by Gasteiger charge is -2.24. The molecule has 0 saturated heterocycles. The first kappa shape index (κ1) is 20.9. The zero-order valence-electron chi connectivity index (χ0n) is 13.7. The number of nitro benzene ring substituents is 2. The van der Waals surface area contributed by atoms with Crippen molar-refractivity contribution in [3.63, 3.8) is 0 Å². The minimum Gasteiger partial charge on any atom is -0.337 e. The maximum atomic E-state index is 13.5. The highest BCUT2D eigenvalue weighted by atomic mass is 79.9. The Balaban J connectivity index is 2.87. The van der Waals surface area contributed by atoms with Crippen molar-refractivity contribution in [2.24, 2.45) is 0 Å². The molecule has 2 aromatic rings. The Morgan fingerprint density at radius 2 is 1.70 bits per heavy atom. The van der Waals surface area contributed by atoms with E-state index in [1.165, 1.54) is 12.1 Å². The van der Waals surface area contributed by atoms with Crippen molar-refractivity contribution in [2.45, 2.75) is 13.1 Å². The lowest BCUT2D eigenvalue weighted by molar-refractivity contribution is -0.394. The van der Waals surface area contributed by atoms with Gasteiger partial charge in [0.15, 0.2) is 0 Å². The molecule has 0 heterocycles. The van der Waals surface area contributed by atoms with E-state index < -0.39 is 38.6 Å². The van der Waals surface area contributed by atoms with Crippen LogP contribution in [0.25, 0.3) is 0 Å². The summed E-state index contributed by atoms with van der Waals surface area (Å²) in [7, 11) is 1.16. The summed E-state index contributed by atoms with van der Waals surface area (Å²) in [6.45, 7) is 1.66. The van der Waals surface area contributed by atoms with E-state index in [1.54, 1.807) is 6.92 Å². The van der Waals surface area contributed by atoms with Gasteiger partial charge in [-0.05, 0) is 24.6 Å². The van der Waals surface area contributed by atoms with Crippen molar-refractivity contribution < 1.29 is 23.0 Å². The van der Waals surface area contributed by atoms with Crippen molar-refractivity contribution in [2.75, 3.05) is 11.9 Å². The number of non-ortho nitro benzene ring substituents is 1. The molecule has 12 heteroatoms. The molecule has 2 aromatic carbocycles. The van der Waals surface area contributed by atoms with Gasteiger partial charge in [0, 0.05) is 17.6 Å². The van der Waals surface area contributed by atoms with E-state index in [4.69, 9.17) is 11.6 Å². The van der Waals surface area contributed by atoms with Gasteiger partial charge in [-0.25, -0.2) is 0 Å². The molecular formula is C15H10BrClF3N3O4. The van der Waals surface area contributed by atoms with E-state index >= 15 is 0 Å². The van der Waals surface area contributed by atoms with Crippen LogP contribution in [0.1, 0.15) is 11.1 Å². The number of rotatable bonds is 4. The average molecular weight is 469 g/mol. The topological polar surface area (TPSA) is 89.5 Å².